The Morgan fingerprint density at radius 1 is 1.36 bits per heavy atom. The maximum Gasteiger partial charge on any atom is 0.220 e. The van der Waals surface area contributed by atoms with E-state index in [1.807, 2.05) is 25.1 Å². The zero-order valence-corrected chi connectivity index (χ0v) is 19.9. The third kappa shape index (κ3) is 8.24. The van der Waals surface area contributed by atoms with Gasteiger partial charge >= 0.3 is 0 Å². The number of nitrogens with zero attached hydrogens (tertiary/aromatic N) is 2. The van der Waals surface area contributed by atoms with Crippen LogP contribution in [0.25, 0.3) is 0 Å². The molecule has 6 nitrogen and oxygen atoms in total. The average Bonchev–Trinajstić information content (AvgIpc) is 2.65. The van der Waals surface area contributed by atoms with Crippen LogP contribution in [0.2, 0.25) is 0 Å². The van der Waals surface area contributed by atoms with Crippen LogP contribution >= 0.6 is 24.0 Å². The smallest absolute Gasteiger partial charge is 0.220 e. The first-order valence-corrected chi connectivity index (χ1v) is 9.99. The molecule has 1 heterocycles. The van der Waals surface area contributed by atoms with Gasteiger partial charge in [-0.05, 0) is 57.2 Å². The van der Waals surface area contributed by atoms with Gasteiger partial charge in [-0.3, -0.25) is 4.79 Å². The average molecular weight is 502 g/mol. The van der Waals surface area contributed by atoms with Gasteiger partial charge in [0.1, 0.15) is 11.9 Å². The first kappa shape index (κ1) is 24.5. The number of nitrogens with one attached hydrogen (secondary N) is 2. The van der Waals surface area contributed by atoms with Crippen LogP contribution in [0.5, 0.6) is 5.75 Å². The minimum absolute atomic E-state index is 0. The number of aliphatic imine (C=N–C) groups is 1. The van der Waals surface area contributed by atoms with Crippen molar-refractivity contribution in [2.45, 2.75) is 46.1 Å². The van der Waals surface area contributed by atoms with Gasteiger partial charge in [0.05, 0.1) is 6.54 Å². The topological polar surface area (TPSA) is 66.0 Å². The zero-order chi connectivity index (χ0) is 19.6. The van der Waals surface area contributed by atoms with E-state index in [4.69, 9.17) is 9.73 Å². The highest BCUT2D eigenvalue weighted by atomic mass is 127. The fourth-order valence-electron chi connectivity index (χ4n) is 3.31. The molecule has 2 N–H and O–H groups in total. The Labute approximate surface area is 186 Å². The molecule has 0 aliphatic carbocycles. The van der Waals surface area contributed by atoms with Gasteiger partial charge < -0.3 is 20.3 Å². The number of benzene rings is 1. The summed E-state index contributed by atoms with van der Waals surface area (Å²) in [4.78, 5) is 18.7. The van der Waals surface area contributed by atoms with Crippen molar-refractivity contribution in [3.05, 3.63) is 29.8 Å². The molecular formula is C21H35IN4O2. The number of halogens is 1. The second-order valence-corrected chi connectivity index (χ2v) is 7.25. The monoisotopic (exact) mass is 502 g/mol. The minimum Gasteiger partial charge on any atom is -0.489 e. The standard InChI is InChI=1S/C21H34N4O2.HI/c1-5-23-21(25-11-9-18(10-12-25)14-20(26)22-4)24-15-17(3)27-19-8-6-7-16(2)13-19;/h6-8,13,17-18H,5,9-12,14-15H2,1-4H3,(H,22,26)(H,23,24);1H. The highest BCUT2D eigenvalue weighted by Gasteiger charge is 2.23. The second-order valence-electron chi connectivity index (χ2n) is 7.25. The number of amides is 1. The van der Waals surface area contributed by atoms with Crippen LogP contribution in [0.3, 0.4) is 0 Å². The number of carbonyl (C=O) groups excluding carboxylic acids is 1. The zero-order valence-electron chi connectivity index (χ0n) is 17.5. The summed E-state index contributed by atoms with van der Waals surface area (Å²) in [6.07, 6.45) is 2.67. The Balaban J connectivity index is 0.00000392. The maximum atomic E-state index is 11.6. The van der Waals surface area contributed by atoms with Gasteiger partial charge in [-0.1, -0.05) is 12.1 Å². The van der Waals surface area contributed by atoms with E-state index in [0.29, 0.717) is 18.9 Å². The van der Waals surface area contributed by atoms with E-state index in [-0.39, 0.29) is 36.0 Å². The van der Waals surface area contributed by atoms with Crippen LogP contribution in [0.1, 0.15) is 38.7 Å². The number of guanidine groups is 1. The van der Waals surface area contributed by atoms with E-state index < -0.39 is 0 Å². The molecule has 0 spiro atoms. The molecule has 0 aromatic heterocycles. The van der Waals surface area contributed by atoms with Crippen LogP contribution in [-0.4, -0.2) is 56.1 Å². The summed E-state index contributed by atoms with van der Waals surface area (Å²) >= 11 is 0. The Hall–Kier alpha value is -1.51. The van der Waals surface area contributed by atoms with E-state index in [1.165, 1.54) is 5.56 Å². The summed E-state index contributed by atoms with van der Waals surface area (Å²) in [6, 6.07) is 8.10. The van der Waals surface area contributed by atoms with E-state index in [9.17, 15) is 4.79 Å². The lowest BCUT2D eigenvalue weighted by atomic mass is 9.93. The molecule has 2 rings (SSSR count). The Morgan fingerprint density at radius 3 is 2.68 bits per heavy atom. The molecule has 1 aliphatic heterocycles. The number of ether oxygens (including phenoxy) is 1. The molecule has 0 saturated carbocycles. The number of carbonyl (C=O) groups is 1. The molecule has 7 heteroatoms. The van der Waals surface area contributed by atoms with Gasteiger partial charge in [-0.15, -0.1) is 24.0 Å². The normalized spacial score (nSPS) is 16.1. The number of aryl methyl sites for hydroxylation is 1. The summed E-state index contributed by atoms with van der Waals surface area (Å²) in [5.41, 5.74) is 1.19. The highest BCUT2D eigenvalue weighted by molar-refractivity contribution is 14.0. The lowest BCUT2D eigenvalue weighted by Crippen LogP contribution is -2.46. The fraction of sp³-hybridized carbons (Fsp3) is 0.619. The Morgan fingerprint density at radius 2 is 2.07 bits per heavy atom. The molecule has 1 amide bonds. The Kier molecular flexibility index (Phi) is 11.3. The highest BCUT2D eigenvalue weighted by Crippen LogP contribution is 2.20. The SMILES string of the molecule is CCNC(=NCC(C)Oc1cccc(C)c1)N1CCC(CC(=O)NC)CC1.I. The minimum atomic E-state index is 0. The number of rotatable bonds is 7. The number of hydrogen-bond acceptors (Lipinski definition) is 3. The summed E-state index contributed by atoms with van der Waals surface area (Å²) < 4.78 is 5.99. The molecule has 0 bridgehead atoms. The molecule has 1 aliphatic rings. The van der Waals surface area contributed by atoms with Crippen LogP contribution in [0.15, 0.2) is 29.3 Å². The van der Waals surface area contributed by atoms with Crippen LogP contribution in [-0.2, 0) is 4.79 Å². The van der Waals surface area contributed by atoms with E-state index >= 15 is 0 Å². The summed E-state index contributed by atoms with van der Waals surface area (Å²) in [5.74, 6) is 2.43. The van der Waals surface area contributed by atoms with E-state index in [2.05, 4.69) is 35.4 Å². The van der Waals surface area contributed by atoms with Crippen LogP contribution in [0.4, 0.5) is 0 Å². The molecule has 1 atom stereocenters. The van der Waals surface area contributed by atoms with Crippen molar-refractivity contribution in [1.29, 1.82) is 0 Å². The first-order valence-electron chi connectivity index (χ1n) is 9.99. The van der Waals surface area contributed by atoms with Gasteiger partial charge in [-0.25, -0.2) is 4.99 Å². The lowest BCUT2D eigenvalue weighted by Gasteiger charge is -2.34. The maximum absolute atomic E-state index is 11.6. The predicted molar refractivity (Wildman–Crippen MR) is 126 cm³/mol. The van der Waals surface area contributed by atoms with Crippen molar-refractivity contribution in [2.75, 3.05) is 33.2 Å². The third-order valence-corrected chi connectivity index (χ3v) is 4.83. The van der Waals surface area contributed by atoms with E-state index in [1.54, 1.807) is 7.05 Å². The van der Waals surface area contributed by atoms with Crippen molar-refractivity contribution in [3.8, 4) is 5.75 Å². The van der Waals surface area contributed by atoms with Crippen molar-refractivity contribution in [2.24, 2.45) is 10.9 Å². The quantitative estimate of drug-likeness (QED) is 0.342. The molecule has 1 fully saturated rings. The van der Waals surface area contributed by atoms with Gasteiger partial charge in [0.15, 0.2) is 5.96 Å². The van der Waals surface area contributed by atoms with Crippen molar-refractivity contribution in [1.82, 2.24) is 15.5 Å². The molecule has 0 radical (unpaired) electrons. The molecular weight excluding hydrogens is 467 g/mol. The molecule has 1 aromatic rings. The van der Waals surface area contributed by atoms with Gasteiger partial charge in [0.2, 0.25) is 5.91 Å². The molecule has 1 unspecified atom stereocenters. The Bertz CT molecular complexity index is 631. The molecule has 1 aromatic carbocycles. The van der Waals surface area contributed by atoms with Crippen molar-refractivity contribution >= 4 is 35.8 Å². The molecule has 1 saturated heterocycles. The predicted octanol–water partition coefficient (Wildman–Crippen LogP) is 3.19. The lowest BCUT2D eigenvalue weighted by molar-refractivity contribution is -0.121. The second kappa shape index (κ2) is 12.9. The summed E-state index contributed by atoms with van der Waals surface area (Å²) in [7, 11) is 1.70. The number of piperidine rings is 1. The number of hydrogen-bond donors (Lipinski definition) is 2. The van der Waals surface area contributed by atoms with Crippen LogP contribution < -0.4 is 15.4 Å². The molecule has 28 heavy (non-hydrogen) atoms. The van der Waals surface area contributed by atoms with Gasteiger partial charge in [-0.2, -0.15) is 0 Å². The van der Waals surface area contributed by atoms with Crippen molar-refractivity contribution in [3.63, 3.8) is 0 Å². The summed E-state index contributed by atoms with van der Waals surface area (Å²) in [6.45, 7) is 9.50. The van der Waals surface area contributed by atoms with Crippen LogP contribution in [0, 0.1) is 12.8 Å². The molecule has 158 valence electrons. The number of likely N-dealkylation sites (tertiary alicyclic amines) is 1. The first-order chi connectivity index (χ1) is 13.0. The van der Waals surface area contributed by atoms with E-state index in [0.717, 1.165) is 44.2 Å². The van der Waals surface area contributed by atoms with Gasteiger partial charge in [0.25, 0.3) is 0 Å². The third-order valence-electron chi connectivity index (χ3n) is 4.83. The summed E-state index contributed by atoms with van der Waals surface area (Å²) in [5, 5.41) is 6.11. The fourth-order valence-corrected chi connectivity index (χ4v) is 3.31. The largest absolute Gasteiger partial charge is 0.489 e. The van der Waals surface area contributed by atoms with Crippen molar-refractivity contribution < 1.29 is 9.53 Å². The van der Waals surface area contributed by atoms with Gasteiger partial charge in [0, 0.05) is 33.1 Å².